The molecule has 1 aliphatic rings. The number of amides is 2. The van der Waals surface area contributed by atoms with E-state index in [1.54, 1.807) is 23.1 Å². The molecule has 1 heterocycles. The van der Waals surface area contributed by atoms with E-state index in [9.17, 15) is 24.9 Å². The molecule has 2 aromatic carbocycles. The summed E-state index contributed by atoms with van der Waals surface area (Å²) in [6.07, 6.45) is 1.12. The number of hydrogen-bond donors (Lipinski definition) is 4. The minimum absolute atomic E-state index is 0.0338. The third-order valence-electron chi connectivity index (χ3n) is 4.93. The average Bonchev–Trinajstić information content (AvgIpc) is 2.76. The standard InChI is InChI=1S/C21H24N2O7/c1-29-17-4-2-3-5-18(17)30-12-19(26)23-8-6-14(7-9-23)22-21(28)13-10-15(24)20(27)16(25)11-13/h2-5,10-11,14,24-25,27H,6-9,12H2,1H3,(H,22,28). The van der Waals surface area contributed by atoms with Crippen LogP contribution in [-0.4, -0.2) is 64.9 Å². The van der Waals surface area contributed by atoms with Crippen molar-refractivity contribution >= 4 is 11.8 Å². The van der Waals surface area contributed by atoms with Gasteiger partial charge in [-0.2, -0.15) is 0 Å². The molecule has 1 fully saturated rings. The molecule has 2 amide bonds. The number of phenols is 3. The van der Waals surface area contributed by atoms with Crippen LogP contribution in [0.4, 0.5) is 0 Å². The van der Waals surface area contributed by atoms with E-state index in [2.05, 4.69) is 5.32 Å². The van der Waals surface area contributed by atoms with E-state index in [-0.39, 0.29) is 24.1 Å². The Bertz CT molecular complexity index is 900. The summed E-state index contributed by atoms with van der Waals surface area (Å²) in [6, 6.07) is 9.09. The Kier molecular flexibility index (Phi) is 6.51. The zero-order valence-corrected chi connectivity index (χ0v) is 16.5. The van der Waals surface area contributed by atoms with Gasteiger partial charge in [0, 0.05) is 24.7 Å². The first-order valence-electron chi connectivity index (χ1n) is 9.48. The van der Waals surface area contributed by atoms with E-state index in [0.717, 1.165) is 12.1 Å². The fourth-order valence-electron chi connectivity index (χ4n) is 3.25. The molecular formula is C21H24N2O7. The van der Waals surface area contributed by atoms with Crippen LogP contribution in [0.5, 0.6) is 28.7 Å². The van der Waals surface area contributed by atoms with Gasteiger partial charge in [0.15, 0.2) is 35.4 Å². The molecule has 0 bridgehead atoms. The summed E-state index contributed by atoms with van der Waals surface area (Å²) < 4.78 is 10.8. The number of para-hydroxylation sites is 2. The third kappa shape index (κ3) is 4.86. The molecule has 0 aromatic heterocycles. The number of nitrogens with zero attached hydrogens (tertiary/aromatic N) is 1. The van der Waals surface area contributed by atoms with Crippen LogP contribution in [0.3, 0.4) is 0 Å². The van der Waals surface area contributed by atoms with E-state index in [1.165, 1.54) is 7.11 Å². The topological polar surface area (TPSA) is 129 Å². The quantitative estimate of drug-likeness (QED) is 0.527. The lowest BCUT2D eigenvalue weighted by molar-refractivity contribution is -0.134. The summed E-state index contributed by atoms with van der Waals surface area (Å²) in [5.74, 6) is -1.40. The summed E-state index contributed by atoms with van der Waals surface area (Å²) >= 11 is 0. The predicted molar refractivity (Wildman–Crippen MR) is 107 cm³/mol. The normalized spacial score (nSPS) is 14.2. The van der Waals surface area contributed by atoms with E-state index >= 15 is 0 Å². The number of methoxy groups -OCH3 is 1. The van der Waals surface area contributed by atoms with Crippen molar-refractivity contribution < 1.29 is 34.4 Å². The molecule has 0 saturated carbocycles. The van der Waals surface area contributed by atoms with Gasteiger partial charge in [-0.05, 0) is 37.1 Å². The van der Waals surface area contributed by atoms with Gasteiger partial charge < -0.3 is 35.0 Å². The summed E-state index contributed by atoms with van der Waals surface area (Å²) in [6.45, 7) is 0.819. The van der Waals surface area contributed by atoms with Gasteiger partial charge >= 0.3 is 0 Å². The van der Waals surface area contributed by atoms with Crippen LogP contribution in [-0.2, 0) is 4.79 Å². The van der Waals surface area contributed by atoms with Crippen LogP contribution in [0.2, 0.25) is 0 Å². The predicted octanol–water partition coefficient (Wildman–Crippen LogP) is 1.61. The Morgan fingerprint density at radius 2 is 1.67 bits per heavy atom. The van der Waals surface area contributed by atoms with Crippen LogP contribution in [0.1, 0.15) is 23.2 Å². The highest BCUT2D eigenvalue weighted by Gasteiger charge is 2.25. The summed E-state index contributed by atoms with van der Waals surface area (Å²) in [4.78, 5) is 26.4. The minimum atomic E-state index is -0.672. The van der Waals surface area contributed by atoms with Gasteiger partial charge in [-0.1, -0.05) is 12.1 Å². The van der Waals surface area contributed by atoms with Gasteiger partial charge in [-0.15, -0.1) is 0 Å². The lowest BCUT2D eigenvalue weighted by Gasteiger charge is -2.32. The molecule has 0 aliphatic carbocycles. The average molecular weight is 416 g/mol. The van der Waals surface area contributed by atoms with Gasteiger partial charge in [0.2, 0.25) is 0 Å². The van der Waals surface area contributed by atoms with Crippen molar-refractivity contribution in [3.05, 3.63) is 42.0 Å². The first kappa shape index (κ1) is 21.1. The second kappa shape index (κ2) is 9.25. The van der Waals surface area contributed by atoms with Gasteiger partial charge in [-0.25, -0.2) is 0 Å². The zero-order chi connectivity index (χ0) is 21.7. The number of aromatic hydroxyl groups is 3. The maximum absolute atomic E-state index is 12.4. The van der Waals surface area contributed by atoms with Crippen molar-refractivity contribution in [1.82, 2.24) is 10.2 Å². The minimum Gasteiger partial charge on any atom is -0.504 e. The van der Waals surface area contributed by atoms with Crippen LogP contribution < -0.4 is 14.8 Å². The number of carbonyl (C=O) groups excluding carboxylic acids is 2. The molecule has 0 radical (unpaired) electrons. The summed E-state index contributed by atoms with van der Waals surface area (Å²) in [5, 5.41) is 31.3. The van der Waals surface area contributed by atoms with E-state index < -0.39 is 23.2 Å². The Labute approximate surface area is 173 Å². The molecule has 0 spiro atoms. The molecule has 1 aliphatic heterocycles. The summed E-state index contributed by atoms with van der Waals surface area (Å²) in [5.41, 5.74) is 0.0338. The second-order valence-electron chi connectivity index (χ2n) is 6.93. The highest BCUT2D eigenvalue weighted by atomic mass is 16.5. The molecule has 9 heteroatoms. The van der Waals surface area contributed by atoms with Crippen molar-refractivity contribution in [3.63, 3.8) is 0 Å². The highest BCUT2D eigenvalue weighted by Crippen LogP contribution is 2.35. The first-order valence-corrected chi connectivity index (χ1v) is 9.48. The fourth-order valence-corrected chi connectivity index (χ4v) is 3.25. The molecular weight excluding hydrogens is 392 g/mol. The zero-order valence-electron chi connectivity index (χ0n) is 16.5. The monoisotopic (exact) mass is 416 g/mol. The highest BCUT2D eigenvalue weighted by molar-refractivity contribution is 5.95. The van der Waals surface area contributed by atoms with E-state index in [1.807, 2.05) is 6.07 Å². The number of ether oxygens (including phenoxy) is 2. The van der Waals surface area contributed by atoms with Crippen LogP contribution >= 0.6 is 0 Å². The molecule has 3 rings (SSSR count). The Morgan fingerprint density at radius 1 is 1.07 bits per heavy atom. The first-order chi connectivity index (χ1) is 14.4. The fraction of sp³-hybridized carbons (Fsp3) is 0.333. The van der Waals surface area contributed by atoms with Gasteiger partial charge in [0.05, 0.1) is 7.11 Å². The summed E-state index contributed by atoms with van der Waals surface area (Å²) in [7, 11) is 1.53. The van der Waals surface area contributed by atoms with Gasteiger partial charge in [0.25, 0.3) is 11.8 Å². The lowest BCUT2D eigenvalue weighted by atomic mass is 10.0. The molecule has 160 valence electrons. The number of hydrogen-bond acceptors (Lipinski definition) is 7. The van der Waals surface area contributed by atoms with E-state index in [0.29, 0.717) is 37.4 Å². The molecule has 2 aromatic rings. The van der Waals surface area contributed by atoms with Crippen LogP contribution in [0.25, 0.3) is 0 Å². The number of nitrogens with one attached hydrogen (secondary N) is 1. The molecule has 0 unspecified atom stereocenters. The number of likely N-dealkylation sites (tertiary alicyclic amines) is 1. The number of carbonyl (C=O) groups is 2. The molecule has 9 nitrogen and oxygen atoms in total. The maximum atomic E-state index is 12.4. The SMILES string of the molecule is COc1ccccc1OCC(=O)N1CCC(NC(=O)c2cc(O)c(O)c(O)c2)CC1. The van der Waals surface area contributed by atoms with Crippen molar-refractivity contribution in [1.29, 1.82) is 0 Å². The lowest BCUT2D eigenvalue weighted by Crippen LogP contribution is -2.47. The number of piperidine rings is 1. The van der Waals surface area contributed by atoms with Crippen molar-refractivity contribution in [2.24, 2.45) is 0 Å². The number of benzene rings is 2. The van der Waals surface area contributed by atoms with Gasteiger partial charge in [-0.3, -0.25) is 9.59 Å². The van der Waals surface area contributed by atoms with Gasteiger partial charge in [0.1, 0.15) is 0 Å². The maximum Gasteiger partial charge on any atom is 0.260 e. The van der Waals surface area contributed by atoms with E-state index in [4.69, 9.17) is 9.47 Å². The number of phenolic OH excluding ortho intramolecular Hbond substituents is 3. The molecule has 4 N–H and O–H groups in total. The Balaban J connectivity index is 1.48. The Morgan fingerprint density at radius 3 is 2.27 bits per heavy atom. The van der Waals surface area contributed by atoms with Crippen molar-refractivity contribution in [2.45, 2.75) is 18.9 Å². The van der Waals surface area contributed by atoms with Crippen LogP contribution in [0.15, 0.2) is 36.4 Å². The third-order valence-corrected chi connectivity index (χ3v) is 4.93. The molecule has 0 atom stereocenters. The number of rotatable bonds is 6. The molecule has 1 saturated heterocycles. The van der Waals surface area contributed by atoms with Crippen molar-refractivity contribution in [2.75, 3.05) is 26.8 Å². The van der Waals surface area contributed by atoms with Crippen LogP contribution in [0, 0.1) is 0 Å². The Hall–Kier alpha value is -3.62. The second-order valence-corrected chi connectivity index (χ2v) is 6.93. The smallest absolute Gasteiger partial charge is 0.260 e. The largest absolute Gasteiger partial charge is 0.504 e. The molecule has 30 heavy (non-hydrogen) atoms. The van der Waals surface area contributed by atoms with Crippen molar-refractivity contribution in [3.8, 4) is 28.7 Å².